The summed E-state index contributed by atoms with van der Waals surface area (Å²) in [6, 6.07) is 40.0. The summed E-state index contributed by atoms with van der Waals surface area (Å²) in [5, 5.41) is 0. The minimum Gasteiger partial charge on any atom is -0.497 e. The van der Waals surface area contributed by atoms with Crippen molar-refractivity contribution >= 4 is 17.9 Å². The number of hydrogen-bond acceptors (Lipinski definition) is 21. The van der Waals surface area contributed by atoms with Gasteiger partial charge in [-0.25, -0.2) is 14.4 Å². The fourth-order valence-electron chi connectivity index (χ4n) is 12.7. The number of methoxy groups -OCH3 is 9. The van der Waals surface area contributed by atoms with E-state index >= 15 is 0 Å². The topological polar surface area (TPSA) is 217 Å². The fraction of sp³-hybridized carbons (Fsp3) is 0.472. The number of ether oxygens (including phenoxy) is 18. The zero-order chi connectivity index (χ0) is 79.3. The van der Waals surface area contributed by atoms with Gasteiger partial charge in [0.1, 0.15) is 89.9 Å². The molecule has 110 heavy (non-hydrogen) atoms. The van der Waals surface area contributed by atoms with Crippen molar-refractivity contribution in [1.82, 2.24) is 0 Å². The van der Waals surface area contributed by atoms with E-state index in [2.05, 4.69) is 58.2 Å². The number of carbonyl (C=O) groups is 3. The van der Waals surface area contributed by atoms with Gasteiger partial charge in [-0.2, -0.15) is 0 Å². The van der Waals surface area contributed by atoms with Gasteiger partial charge in [0.2, 0.25) is 0 Å². The van der Waals surface area contributed by atoms with Crippen LogP contribution >= 0.6 is 0 Å². The van der Waals surface area contributed by atoms with E-state index in [9.17, 15) is 14.4 Å². The molecular formula is C89H118O21. The lowest BCUT2D eigenvalue weighted by atomic mass is 9.93. The molecular weight excluding hydrogens is 1400 g/mol. The van der Waals surface area contributed by atoms with Crippen molar-refractivity contribution in [1.29, 1.82) is 0 Å². The van der Waals surface area contributed by atoms with Gasteiger partial charge < -0.3 is 85.3 Å². The molecule has 0 spiro atoms. The van der Waals surface area contributed by atoms with Crippen molar-refractivity contribution in [3.05, 3.63) is 227 Å². The highest BCUT2D eigenvalue weighted by Crippen LogP contribution is 2.33. The summed E-state index contributed by atoms with van der Waals surface area (Å²) in [6.07, 6.45) is 17.8. The number of esters is 3. The molecule has 0 amide bonds. The summed E-state index contributed by atoms with van der Waals surface area (Å²) < 4.78 is 102. The first-order valence-electron chi connectivity index (χ1n) is 37.6. The molecule has 0 radical (unpaired) electrons. The van der Waals surface area contributed by atoms with E-state index < -0.39 is 24.0 Å². The van der Waals surface area contributed by atoms with E-state index in [0.717, 1.165) is 69.9 Å². The summed E-state index contributed by atoms with van der Waals surface area (Å²) in [7, 11) is 14.4. The van der Waals surface area contributed by atoms with Crippen LogP contribution in [0.25, 0.3) is 0 Å². The van der Waals surface area contributed by atoms with E-state index in [1.807, 2.05) is 115 Å². The Morgan fingerprint density at radius 1 is 0.509 bits per heavy atom. The molecule has 0 bridgehead atoms. The fourth-order valence-corrected chi connectivity index (χ4v) is 12.7. The van der Waals surface area contributed by atoms with E-state index in [1.165, 1.54) is 0 Å². The Morgan fingerprint density at radius 3 is 1.35 bits per heavy atom. The van der Waals surface area contributed by atoms with E-state index in [4.69, 9.17) is 85.3 Å². The molecule has 2 aliphatic heterocycles. The minimum atomic E-state index is -0.450. The number of carbonyl (C=O) groups excluding carboxylic acids is 3. The second kappa shape index (κ2) is 51.6. The van der Waals surface area contributed by atoms with Crippen LogP contribution in [0.4, 0.5) is 0 Å². The van der Waals surface area contributed by atoms with Crippen LogP contribution in [-0.2, 0) is 95.9 Å². The van der Waals surface area contributed by atoms with Crippen LogP contribution in [0.15, 0.2) is 177 Å². The molecule has 3 unspecified atom stereocenters. The van der Waals surface area contributed by atoms with E-state index in [-0.39, 0.29) is 68.7 Å². The zero-order valence-electron chi connectivity index (χ0n) is 66.6. The van der Waals surface area contributed by atoms with Gasteiger partial charge in [-0.15, -0.1) is 13.2 Å². The van der Waals surface area contributed by atoms with Crippen molar-refractivity contribution in [2.45, 2.75) is 154 Å². The number of allylic oxidation sites excluding steroid dienone is 6. The van der Waals surface area contributed by atoms with Gasteiger partial charge in [-0.05, 0) is 144 Å². The van der Waals surface area contributed by atoms with Crippen LogP contribution in [0, 0.1) is 17.8 Å². The smallest absolute Gasteiger partial charge is 0.342 e. The van der Waals surface area contributed by atoms with Gasteiger partial charge in [0.25, 0.3) is 0 Å². The largest absolute Gasteiger partial charge is 0.497 e. The van der Waals surface area contributed by atoms with Crippen LogP contribution in [0.1, 0.15) is 143 Å². The SMILES string of the molecule is C=CCc1cccc(OC)c1C(=O)OC(CCOCc1ccc(OC)cc1)C[C@H](OCOC)[C@@H](C)CC=C.COCO[C@@H]1CC(CCOCc2ccc(OC)cc2)OC(=O)c2c(cccc2OC)C/C=C/C[C@@H]1C.COCO[C@@H]1CC(CCOCc2ccc(OC)cc2)OC(=O)c2c(cccc2OC)C/C=C\C[C@@H]1C. The summed E-state index contributed by atoms with van der Waals surface area (Å²) in [5.74, 6) is 3.28. The third-order valence-corrected chi connectivity index (χ3v) is 19.0. The highest BCUT2D eigenvalue weighted by molar-refractivity contribution is 5.96. The monoisotopic (exact) mass is 1520 g/mol. The van der Waals surface area contributed by atoms with Gasteiger partial charge in [0.15, 0.2) is 0 Å². The molecule has 0 aliphatic carbocycles. The predicted molar refractivity (Wildman–Crippen MR) is 424 cm³/mol. The Labute approximate surface area is 652 Å². The number of fused-ring (bicyclic) bond motifs is 2. The average molecular weight is 1520 g/mol. The van der Waals surface area contributed by atoms with Gasteiger partial charge in [0, 0.05) is 59.9 Å². The van der Waals surface area contributed by atoms with Crippen molar-refractivity contribution in [3.8, 4) is 34.5 Å². The first-order chi connectivity index (χ1) is 53.6. The quantitative estimate of drug-likeness (QED) is 0.0115. The lowest BCUT2D eigenvalue weighted by Crippen LogP contribution is -2.32. The van der Waals surface area contributed by atoms with E-state index in [1.54, 1.807) is 88.3 Å². The Kier molecular flexibility index (Phi) is 42.2. The number of rotatable bonds is 39. The predicted octanol–water partition coefficient (Wildman–Crippen LogP) is 16.9. The second-order valence-electron chi connectivity index (χ2n) is 26.9. The molecule has 600 valence electrons. The Bertz CT molecular complexity index is 3530. The Hall–Kier alpha value is -8.87. The number of hydrogen-bond donors (Lipinski definition) is 0. The Balaban J connectivity index is 0.000000258. The maximum atomic E-state index is 13.5. The average Bonchev–Trinajstić information content (AvgIpc) is 0.832. The molecule has 9 atom stereocenters. The summed E-state index contributed by atoms with van der Waals surface area (Å²) in [5.41, 5.74) is 7.03. The lowest BCUT2D eigenvalue weighted by molar-refractivity contribution is -0.105. The minimum absolute atomic E-state index is 0.134. The molecule has 0 fully saturated rings. The Morgan fingerprint density at radius 2 is 0.936 bits per heavy atom. The molecule has 21 nitrogen and oxygen atoms in total. The molecule has 21 heteroatoms. The number of cyclic esters (lactones) is 2. The van der Waals surface area contributed by atoms with Crippen molar-refractivity contribution < 1.29 is 99.6 Å². The zero-order valence-corrected chi connectivity index (χ0v) is 66.6. The van der Waals surface area contributed by atoms with Crippen molar-refractivity contribution in [3.63, 3.8) is 0 Å². The highest BCUT2D eigenvalue weighted by Gasteiger charge is 2.32. The third kappa shape index (κ3) is 30.8. The van der Waals surface area contributed by atoms with Crippen LogP contribution < -0.4 is 28.4 Å². The van der Waals surface area contributed by atoms with Crippen LogP contribution in [0.5, 0.6) is 34.5 Å². The standard InChI is InChI=1S/C31H42O7.2C29H38O7/c1-7-10-23(3)29(37-22-33-4)20-27(18-19-36-21-24-14-16-26(34-5)17-15-24)38-31(32)30-25(11-8-2)12-9-13-28(30)35-6;2*1-21-8-5-6-9-23-10-7-11-26(33-4)28(23)29(30)36-25(18-27(21)35-20-31-2)16-17-34-19-22-12-14-24(32-3)15-13-22/h7-9,12-17,23,27,29H,1-2,10-11,18-22H2,3-6H3;2*5-7,10-15,21,25,27H,8-9,16-20H2,1-4H3/b;6-5+;6-5-/t23-,27?,29-;2*21-,25?,27+/m000/s1. The molecule has 6 aromatic carbocycles. The second-order valence-corrected chi connectivity index (χ2v) is 26.9. The molecule has 0 saturated heterocycles. The molecule has 8 rings (SSSR count). The van der Waals surface area contributed by atoms with Crippen LogP contribution in [-0.4, -0.2) is 159 Å². The molecule has 2 heterocycles. The third-order valence-electron chi connectivity index (χ3n) is 19.0. The summed E-state index contributed by atoms with van der Waals surface area (Å²) in [4.78, 5) is 40.2. The van der Waals surface area contributed by atoms with Crippen molar-refractivity contribution in [2.75, 3.05) is 104 Å². The normalized spacial score (nSPS) is 18.6. The molecule has 0 saturated carbocycles. The van der Waals surface area contributed by atoms with Gasteiger partial charge in [0.05, 0.1) is 101 Å². The van der Waals surface area contributed by atoms with Gasteiger partial charge in [-0.3, -0.25) is 0 Å². The van der Waals surface area contributed by atoms with E-state index in [0.29, 0.717) is 131 Å². The number of benzene rings is 6. The van der Waals surface area contributed by atoms with Gasteiger partial charge >= 0.3 is 17.9 Å². The maximum absolute atomic E-state index is 13.5. The van der Waals surface area contributed by atoms with Gasteiger partial charge in [-0.1, -0.05) is 130 Å². The lowest BCUT2D eigenvalue weighted by Gasteiger charge is -2.28. The maximum Gasteiger partial charge on any atom is 0.342 e. The molecule has 6 aromatic rings. The molecule has 0 aromatic heterocycles. The van der Waals surface area contributed by atoms with Crippen molar-refractivity contribution in [2.24, 2.45) is 17.8 Å². The van der Waals surface area contributed by atoms with Crippen LogP contribution in [0.2, 0.25) is 0 Å². The van der Waals surface area contributed by atoms with Crippen LogP contribution in [0.3, 0.4) is 0 Å². The first-order valence-corrected chi connectivity index (χ1v) is 37.6. The molecule has 2 aliphatic rings. The first kappa shape index (κ1) is 90.0. The summed E-state index contributed by atoms with van der Waals surface area (Å²) >= 11 is 0. The highest BCUT2D eigenvalue weighted by atomic mass is 16.7. The summed E-state index contributed by atoms with van der Waals surface area (Å²) in [6.45, 7) is 17.2. The molecule has 0 N–H and O–H groups in total.